The summed E-state index contributed by atoms with van der Waals surface area (Å²) < 4.78 is 19.2. The molecule has 0 saturated carbocycles. The van der Waals surface area contributed by atoms with Gasteiger partial charge in [0.2, 0.25) is 0 Å². The number of rotatable bonds is 2. The van der Waals surface area contributed by atoms with Gasteiger partial charge in [-0.3, -0.25) is 0 Å². The first-order chi connectivity index (χ1) is 9.31. The van der Waals surface area contributed by atoms with Crippen LogP contribution in [0.25, 0.3) is 0 Å². The van der Waals surface area contributed by atoms with Crippen molar-refractivity contribution < 1.29 is 9.13 Å². The maximum Gasteiger partial charge on any atom is 0.143 e. The molecule has 1 aliphatic rings. The zero-order valence-electron chi connectivity index (χ0n) is 10.6. The Bertz CT molecular complexity index is 556. The monoisotopic (exact) mass is 257 g/mol. The second-order valence-electron chi connectivity index (χ2n) is 4.79. The number of ether oxygens (including phenoxy) is 1. The largest absolute Gasteiger partial charge is 0.488 e. The molecule has 2 aromatic carbocycles. The molecule has 0 bridgehead atoms. The predicted octanol–water partition coefficient (Wildman–Crippen LogP) is 3.63. The normalized spacial score (nSPS) is 17.8. The third-order valence-electron chi connectivity index (χ3n) is 3.32. The lowest BCUT2D eigenvalue weighted by Crippen LogP contribution is -2.20. The van der Waals surface area contributed by atoms with Crippen LogP contribution in [-0.4, -0.2) is 12.6 Å². The molecule has 0 spiro atoms. The van der Waals surface area contributed by atoms with E-state index < -0.39 is 0 Å². The number of nitrogens with one attached hydrogen (secondary N) is 1. The van der Waals surface area contributed by atoms with Crippen LogP contribution in [0.15, 0.2) is 48.5 Å². The van der Waals surface area contributed by atoms with Crippen LogP contribution in [0.3, 0.4) is 0 Å². The van der Waals surface area contributed by atoms with Gasteiger partial charge in [0, 0.05) is 25.5 Å². The van der Waals surface area contributed by atoms with Crippen molar-refractivity contribution in [1.29, 1.82) is 0 Å². The van der Waals surface area contributed by atoms with Gasteiger partial charge in [-0.05, 0) is 17.7 Å². The van der Waals surface area contributed by atoms with Gasteiger partial charge in [-0.15, -0.1) is 0 Å². The van der Waals surface area contributed by atoms with Crippen LogP contribution >= 0.6 is 0 Å². The topological polar surface area (TPSA) is 21.3 Å². The Morgan fingerprint density at radius 1 is 1.16 bits per heavy atom. The molecule has 0 saturated heterocycles. The summed E-state index contributed by atoms with van der Waals surface area (Å²) >= 11 is 0. The Kier molecular flexibility index (Phi) is 3.36. The molecule has 1 atom stereocenters. The fourth-order valence-electron chi connectivity index (χ4n) is 2.37. The quantitative estimate of drug-likeness (QED) is 0.887. The van der Waals surface area contributed by atoms with E-state index in [0.717, 1.165) is 30.8 Å². The Hall–Kier alpha value is -2.03. The minimum Gasteiger partial charge on any atom is -0.488 e. The summed E-state index contributed by atoms with van der Waals surface area (Å²) in [6.45, 7) is 0.800. The molecule has 19 heavy (non-hydrogen) atoms. The number of benzene rings is 2. The van der Waals surface area contributed by atoms with E-state index in [1.165, 1.54) is 17.7 Å². The molecule has 0 aromatic heterocycles. The van der Waals surface area contributed by atoms with Crippen molar-refractivity contribution in [2.75, 3.05) is 11.9 Å². The van der Waals surface area contributed by atoms with Gasteiger partial charge in [-0.1, -0.05) is 30.3 Å². The van der Waals surface area contributed by atoms with Crippen LogP contribution in [0.4, 0.5) is 10.1 Å². The third-order valence-corrected chi connectivity index (χ3v) is 3.32. The molecule has 1 heterocycles. The Morgan fingerprint density at radius 3 is 2.84 bits per heavy atom. The van der Waals surface area contributed by atoms with Gasteiger partial charge in [0.15, 0.2) is 0 Å². The van der Waals surface area contributed by atoms with Crippen LogP contribution in [0.2, 0.25) is 0 Å². The Balaban J connectivity index is 1.77. The molecule has 2 aromatic rings. The van der Waals surface area contributed by atoms with E-state index >= 15 is 0 Å². The second kappa shape index (κ2) is 5.31. The number of hydrogen-bond donors (Lipinski definition) is 1. The summed E-state index contributed by atoms with van der Waals surface area (Å²) in [5, 5.41) is 3.22. The minimum absolute atomic E-state index is 0.126. The molecule has 1 aliphatic heterocycles. The summed E-state index contributed by atoms with van der Waals surface area (Å²) in [5.74, 6) is 0.496. The highest BCUT2D eigenvalue weighted by atomic mass is 19.1. The Morgan fingerprint density at radius 2 is 2.00 bits per heavy atom. The maximum atomic E-state index is 13.2. The van der Waals surface area contributed by atoms with Crippen molar-refractivity contribution in [2.24, 2.45) is 0 Å². The molecule has 3 rings (SSSR count). The standard InChI is InChI=1S/C16H16FNO/c17-13-6-7-16-15(11-13)18-9-8-14(19-16)10-12-4-2-1-3-5-12/h1-7,11,14,18H,8-10H2. The molecule has 0 aliphatic carbocycles. The summed E-state index contributed by atoms with van der Waals surface area (Å²) in [7, 11) is 0. The Labute approximate surface area is 112 Å². The zero-order valence-corrected chi connectivity index (χ0v) is 10.6. The molecule has 98 valence electrons. The average molecular weight is 257 g/mol. The number of hydrogen-bond acceptors (Lipinski definition) is 2. The molecule has 2 nitrogen and oxygen atoms in total. The first-order valence-electron chi connectivity index (χ1n) is 6.55. The van der Waals surface area contributed by atoms with Crippen LogP contribution < -0.4 is 10.1 Å². The molecule has 0 amide bonds. The summed E-state index contributed by atoms with van der Waals surface area (Å²) in [4.78, 5) is 0. The van der Waals surface area contributed by atoms with E-state index in [1.54, 1.807) is 6.07 Å². The highest BCUT2D eigenvalue weighted by Crippen LogP contribution is 2.29. The first kappa shape index (κ1) is 12.0. The van der Waals surface area contributed by atoms with Gasteiger partial charge in [0.1, 0.15) is 17.7 Å². The lowest BCUT2D eigenvalue weighted by Gasteiger charge is -2.16. The zero-order chi connectivity index (χ0) is 13.1. The lowest BCUT2D eigenvalue weighted by atomic mass is 10.1. The average Bonchev–Trinajstić information content (AvgIpc) is 2.61. The molecular formula is C16H16FNO. The SMILES string of the molecule is Fc1ccc2c(c1)NCCC(Cc1ccccc1)O2. The van der Waals surface area contributed by atoms with Crippen LogP contribution in [0.1, 0.15) is 12.0 Å². The van der Waals surface area contributed by atoms with Crippen molar-refractivity contribution in [2.45, 2.75) is 18.9 Å². The molecular weight excluding hydrogens is 241 g/mol. The van der Waals surface area contributed by atoms with E-state index in [1.807, 2.05) is 18.2 Å². The van der Waals surface area contributed by atoms with Gasteiger partial charge in [0.05, 0.1) is 5.69 Å². The number of halogens is 1. The fraction of sp³-hybridized carbons (Fsp3) is 0.250. The van der Waals surface area contributed by atoms with Crippen molar-refractivity contribution in [3.8, 4) is 5.75 Å². The predicted molar refractivity (Wildman–Crippen MR) is 74.1 cm³/mol. The van der Waals surface area contributed by atoms with Crippen LogP contribution in [-0.2, 0) is 6.42 Å². The number of fused-ring (bicyclic) bond motifs is 1. The minimum atomic E-state index is -0.239. The van der Waals surface area contributed by atoms with E-state index in [0.29, 0.717) is 0 Å². The fourth-order valence-corrected chi connectivity index (χ4v) is 2.37. The van der Waals surface area contributed by atoms with E-state index in [-0.39, 0.29) is 11.9 Å². The van der Waals surface area contributed by atoms with E-state index in [4.69, 9.17) is 4.74 Å². The van der Waals surface area contributed by atoms with Gasteiger partial charge >= 0.3 is 0 Å². The van der Waals surface area contributed by atoms with Crippen molar-refractivity contribution >= 4 is 5.69 Å². The van der Waals surface area contributed by atoms with E-state index in [9.17, 15) is 4.39 Å². The highest BCUT2D eigenvalue weighted by Gasteiger charge is 2.18. The van der Waals surface area contributed by atoms with Crippen molar-refractivity contribution in [3.05, 3.63) is 59.9 Å². The maximum absolute atomic E-state index is 13.2. The molecule has 1 unspecified atom stereocenters. The third kappa shape index (κ3) is 2.87. The van der Waals surface area contributed by atoms with E-state index in [2.05, 4.69) is 17.4 Å². The van der Waals surface area contributed by atoms with Crippen LogP contribution in [0.5, 0.6) is 5.75 Å². The van der Waals surface area contributed by atoms with Gasteiger partial charge in [-0.25, -0.2) is 4.39 Å². The lowest BCUT2D eigenvalue weighted by molar-refractivity contribution is 0.201. The summed E-state index contributed by atoms with van der Waals surface area (Å²) in [6, 6.07) is 14.9. The molecule has 0 fully saturated rings. The molecule has 0 radical (unpaired) electrons. The molecule has 1 N–H and O–H groups in total. The summed E-state index contributed by atoms with van der Waals surface area (Å²) in [5.41, 5.74) is 2.01. The van der Waals surface area contributed by atoms with Gasteiger partial charge in [-0.2, -0.15) is 0 Å². The van der Waals surface area contributed by atoms with Gasteiger partial charge < -0.3 is 10.1 Å². The van der Waals surface area contributed by atoms with Crippen LogP contribution in [0, 0.1) is 5.82 Å². The number of anilines is 1. The first-order valence-corrected chi connectivity index (χ1v) is 6.55. The van der Waals surface area contributed by atoms with Crippen molar-refractivity contribution in [3.63, 3.8) is 0 Å². The second-order valence-corrected chi connectivity index (χ2v) is 4.79. The smallest absolute Gasteiger partial charge is 0.143 e. The van der Waals surface area contributed by atoms with Crippen molar-refractivity contribution in [1.82, 2.24) is 0 Å². The van der Waals surface area contributed by atoms with Gasteiger partial charge in [0.25, 0.3) is 0 Å². The highest BCUT2D eigenvalue weighted by molar-refractivity contribution is 5.57. The molecule has 3 heteroatoms. The summed E-state index contributed by atoms with van der Waals surface area (Å²) in [6.07, 6.45) is 1.91.